The Morgan fingerprint density at radius 1 is 1.12 bits per heavy atom. The molecule has 1 N–H and O–H groups in total. The second-order valence-corrected chi connectivity index (χ2v) is 5.69. The average Bonchev–Trinajstić information content (AvgIpc) is 2.34. The molecule has 17 heavy (non-hydrogen) atoms. The quantitative estimate of drug-likeness (QED) is 0.727. The van der Waals surface area contributed by atoms with Gasteiger partial charge in [0.15, 0.2) is 0 Å². The van der Waals surface area contributed by atoms with E-state index in [0.717, 1.165) is 19.3 Å². The Morgan fingerprint density at radius 2 is 1.82 bits per heavy atom. The molecule has 0 radical (unpaired) electrons. The van der Waals surface area contributed by atoms with E-state index in [1.807, 2.05) is 12.1 Å². The van der Waals surface area contributed by atoms with Crippen LogP contribution in [0.3, 0.4) is 0 Å². The second kappa shape index (κ2) is 5.41. The third kappa shape index (κ3) is 2.66. The first-order valence-corrected chi connectivity index (χ1v) is 6.88. The van der Waals surface area contributed by atoms with Crippen LogP contribution in [0.1, 0.15) is 44.1 Å². The van der Waals surface area contributed by atoms with Crippen LogP contribution in [0.5, 0.6) is 0 Å². The van der Waals surface area contributed by atoms with Gasteiger partial charge in [0.05, 0.1) is 10.0 Å². The zero-order valence-electron chi connectivity index (χ0n) is 9.81. The zero-order valence-corrected chi connectivity index (χ0v) is 11.3. The van der Waals surface area contributed by atoms with Crippen LogP contribution in [-0.2, 0) is 5.41 Å². The lowest BCUT2D eigenvalue weighted by atomic mass is 9.68. The minimum Gasteiger partial charge on any atom is -0.313 e. The highest BCUT2D eigenvalue weighted by Gasteiger charge is 2.33. The van der Waals surface area contributed by atoms with Gasteiger partial charge in [-0.2, -0.15) is 0 Å². The lowest BCUT2D eigenvalue weighted by Gasteiger charge is -2.37. The van der Waals surface area contributed by atoms with Crippen molar-refractivity contribution < 1.29 is 0 Å². The molecule has 0 amide bonds. The normalized spacial score (nSPS) is 18.9. The molecule has 0 aromatic heterocycles. The van der Waals surface area contributed by atoms with Crippen LogP contribution in [0.25, 0.3) is 0 Å². The predicted octanol–water partition coefficient (Wildman–Crippen LogP) is 5.23. The highest BCUT2D eigenvalue weighted by molar-refractivity contribution is 6.42. The van der Waals surface area contributed by atoms with Crippen molar-refractivity contribution in [1.29, 1.82) is 5.41 Å². The molecule has 1 saturated carbocycles. The first-order valence-electron chi connectivity index (χ1n) is 6.12. The summed E-state index contributed by atoms with van der Waals surface area (Å²) in [6.07, 6.45) is 8.45. The Bertz CT molecular complexity index is 409. The molecule has 1 fully saturated rings. The smallest absolute Gasteiger partial charge is 0.0595 e. The molecule has 1 aliphatic rings. The molecule has 92 valence electrons. The number of nitrogens with one attached hydrogen (secondary N) is 1. The SMILES string of the molecule is N=CCC1(c2ccc(Cl)c(Cl)c2)CCCCC1. The maximum atomic E-state index is 7.43. The first-order chi connectivity index (χ1) is 8.18. The van der Waals surface area contributed by atoms with Crippen molar-refractivity contribution in [2.24, 2.45) is 0 Å². The van der Waals surface area contributed by atoms with Gasteiger partial charge in [-0.1, -0.05) is 48.5 Å². The number of rotatable bonds is 3. The monoisotopic (exact) mass is 269 g/mol. The summed E-state index contributed by atoms with van der Waals surface area (Å²) < 4.78 is 0. The molecule has 0 spiro atoms. The van der Waals surface area contributed by atoms with Gasteiger partial charge in [-0.05, 0) is 43.2 Å². The summed E-state index contributed by atoms with van der Waals surface area (Å²) in [7, 11) is 0. The third-order valence-corrected chi connectivity index (χ3v) is 4.57. The summed E-state index contributed by atoms with van der Waals surface area (Å²) in [5, 5.41) is 8.66. The van der Waals surface area contributed by atoms with Gasteiger partial charge < -0.3 is 5.41 Å². The summed E-state index contributed by atoms with van der Waals surface area (Å²) in [5.74, 6) is 0. The summed E-state index contributed by atoms with van der Waals surface area (Å²) in [6, 6.07) is 5.93. The average molecular weight is 270 g/mol. The summed E-state index contributed by atoms with van der Waals surface area (Å²) in [6.45, 7) is 0. The minimum absolute atomic E-state index is 0.119. The van der Waals surface area contributed by atoms with Crippen LogP contribution < -0.4 is 0 Å². The molecule has 0 atom stereocenters. The molecule has 1 aromatic rings. The fourth-order valence-electron chi connectivity index (χ4n) is 2.86. The van der Waals surface area contributed by atoms with Gasteiger partial charge in [-0.15, -0.1) is 0 Å². The van der Waals surface area contributed by atoms with Crippen molar-refractivity contribution in [3.63, 3.8) is 0 Å². The highest BCUT2D eigenvalue weighted by atomic mass is 35.5. The molecular formula is C14H17Cl2N. The van der Waals surface area contributed by atoms with E-state index in [9.17, 15) is 0 Å². The summed E-state index contributed by atoms with van der Waals surface area (Å²) >= 11 is 12.1. The lowest BCUT2D eigenvalue weighted by molar-refractivity contribution is 0.303. The van der Waals surface area contributed by atoms with Gasteiger partial charge in [0.1, 0.15) is 0 Å². The molecule has 0 unspecified atom stereocenters. The van der Waals surface area contributed by atoms with E-state index in [1.165, 1.54) is 31.0 Å². The largest absolute Gasteiger partial charge is 0.313 e. The molecule has 0 heterocycles. The molecule has 1 nitrogen and oxygen atoms in total. The minimum atomic E-state index is 0.119. The molecule has 2 rings (SSSR count). The van der Waals surface area contributed by atoms with Gasteiger partial charge in [0.25, 0.3) is 0 Å². The number of hydrogen-bond donors (Lipinski definition) is 1. The van der Waals surface area contributed by atoms with Crippen molar-refractivity contribution in [1.82, 2.24) is 0 Å². The van der Waals surface area contributed by atoms with Crippen LogP contribution in [0.2, 0.25) is 10.0 Å². The van der Waals surface area contributed by atoms with Gasteiger partial charge in [0.2, 0.25) is 0 Å². The van der Waals surface area contributed by atoms with E-state index in [2.05, 4.69) is 6.07 Å². The first kappa shape index (κ1) is 12.9. The number of halogens is 2. The van der Waals surface area contributed by atoms with Crippen LogP contribution in [0.4, 0.5) is 0 Å². The fourth-order valence-corrected chi connectivity index (χ4v) is 3.16. The van der Waals surface area contributed by atoms with Crippen LogP contribution in [0.15, 0.2) is 18.2 Å². The number of hydrogen-bond acceptors (Lipinski definition) is 1. The summed E-state index contributed by atoms with van der Waals surface area (Å²) in [5.41, 5.74) is 1.36. The maximum absolute atomic E-state index is 7.43. The van der Waals surface area contributed by atoms with E-state index in [4.69, 9.17) is 28.6 Å². The second-order valence-electron chi connectivity index (χ2n) is 4.88. The molecule has 3 heteroatoms. The topological polar surface area (TPSA) is 23.9 Å². The van der Waals surface area contributed by atoms with Crippen molar-refractivity contribution in [3.05, 3.63) is 33.8 Å². The van der Waals surface area contributed by atoms with E-state index >= 15 is 0 Å². The van der Waals surface area contributed by atoms with Gasteiger partial charge in [-0.3, -0.25) is 0 Å². The Morgan fingerprint density at radius 3 is 2.41 bits per heavy atom. The Labute approximate surface area is 113 Å². The van der Waals surface area contributed by atoms with Gasteiger partial charge >= 0.3 is 0 Å². The van der Waals surface area contributed by atoms with Crippen LogP contribution >= 0.6 is 23.2 Å². The van der Waals surface area contributed by atoms with Crippen molar-refractivity contribution in [2.45, 2.75) is 43.9 Å². The Balaban J connectivity index is 2.37. The van der Waals surface area contributed by atoms with E-state index in [1.54, 1.807) is 0 Å². The highest BCUT2D eigenvalue weighted by Crippen LogP contribution is 2.43. The molecule has 1 aromatic carbocycles. The van der Waals surface area contributed by atoms with Crippen molar-refractivity contribution in [2.75, 3.05) is 0 Å². The van der Waals surface area contributed by atoms with Gasteiger partial charge in [-0.25, -0.2) is 0 Å². The summed E-state index contributed by atoms with van der Waals surface area (Å²) in [4.78, 5) is 0. The molecule has 1 aliphatic carbocycles. The standard InChI is InChI=1S/C14H17Cl2N/c15-12-5-4-11(10-13(12)16)14(8-9-17)6-2-1-3-7-14/h4-5,9-10,17H,1-3,6-8H2. The molecular weight excluding hydrogens is 253 g/mol. The van der Waals surface area contributed by atoms with Crippen LogP contribution in [0, 0.1) is 5.41 Å². The fraction of sp³-hybridized carbons (Fsp3) is 0.500. The third-order valence-electron chi connectivity index (χ3n) is 3.84. The molecule has 0 bridgehead atoms. The van der Waals surface area contributed by atoms with E-state index in [0.29, 0.717) is 10.0 Å². The van der Waals surface area contributed by atoms with Crippen LogP contribution in [-0.4, -0.2) is 6.21 Å². The zero-order chi connectivity index (χ0) is 12.3. The maximum Gasteiger partial charge on any atom is 0.0595 e. The van der Waals surface area contributed by atoms with Crippen molar-refractivity contribution in [3.8, 4) is 0 Å². The molecule has 0 aliphatic heterocycles. The predicted molar refractivity (Wildman–Crippen MR) is 74.6 cm³/mol. The lowest BCUT2D eigenvalue weighted by Crippen LogP contribution is -2.29. The number of benzene rings is 1. The van der Waals surface area contributed by atoms with E-state index in [-0.39, 0.29) is 5.41 Å². The van der Waals surface area contributed by atoms with Crippen molar-refractivity contribution >= 4 is 29.4 Å². The van der Waals surface area contributed by atoms with Gasteiger partial charge in [0, 0.05) is 5.41 Å². The Kier molecular flexibility index (Phi) is 4.11. The molecule has 0 saturated heterocycles. The van der Waals surface area contributed by atoms with E-state index < -0.39 is 0 Å². The Hall–Kier alpha value is -0.530.